The van der Waals surface area contributed by atoms with Gasteiger partial charge in [0.2, 0.25) is 0 Å². The van der Waals surface area contributed by atoms with Gasteiger partial charge in [-0.15, -0.1) is 0 Å². The minimum absolute atomic E-state index is 0.241. The highest BCUT2D eigenvalue weighted by molar-refractivity contribution is 7.99. The monoisotopic (exact) mass is 426 g/mol. The van der Waals surface area contributed by atoms with Crippen molar-refractivity contribution < 1.29 is 9.84 Å². The van der Waals surface area contributed by atoms with Crippen molar-refractivity contribution in [3.8, 4) is 5.75 Å². The fourth-order valence-electron chi connectivity index (χ4n) is 3.08. The van der Waals surface area contributed by atoms with Crippen LogP contribution in [0.25, 0.3) is 0 Å². The van der Waals surface area contributed by atoms with Gasteiger partial charge in [-0.1, -0.05) is 79.2 Å². The first kappa shape index (κ1) is 21.8. The number of ether oxygens (including phenoxy) is 1. The van der Waals surface area contributed by atoms with Crippen LogP contribution in [0.4, 0.5) is 0 Å². The van der Waals surface area contributed by atoms with E-state index in [1.165, 1.54) is 0 Å². The summed E-state index contributed by atoms with van der Waals surface area (Å²) in [6, 6.07) is 24.5. The molecular weight excluding hydrogens is 400 g/mol. The molecule has 0 spiro atoms. The Bertz CT molecular complexity index is 894. The predicted molar refractivity (Wildman–Crippen MR) is 122 cm³/mol. The molecule has 0 aliphatic rings. The smallest absolute Gasteiger partial charge is 0.120 e. The zero-order valence-electron chi connectivity index (χ0n) is 16.7. The van der Waals surface area contributed by atoms with Gasteiger partial charge >= 0.3 is 0 Å². The molecule has 1 atom stereocenters. The normalized spacial score (nSPS) is 12.0. The summed E-state index contributed by atoms with van der Waals surface area (Å²) in [5.74, 6) is 1.20. The molecule has 3 aromatic rings. The molecule has 0 saturated carbocycles. The first-order valence-corrected chi connectivity index (χ1v) is 11.2. The second-order valence-electron chi connectivity index (χ2n) is 7.10. The van der Waals surface area contributed by atoms with Crippen LogP contribution in [0, 0.1) is 5.92 Å². The molecule has 0 aliphatic carbocycles. The van der Waals surface area contributed by atoms with E-state index < -0.39 is 0 Å². The largest absolute Gasteiger partial charge is 0.489 e. The van der Waals surface area contributed by atoms with E-state index in [1.54, 1.807) is 11.8 Å². The summed E-state index contributed by atoms with van der Waals surface area (Å²) in [6.45, 7) is 2.91. The highest BCUT2D eigenvalue weighted by atomic mass is 35.5. The standard InChI is InChI=1S/C25H27ClO2S/c1-2-19(17-27)11-12-21-13-14-24(16-25(21)26)29-23-10-6-9-22(15-23)28-18-20-7-4-3-5-8-20/h3-10,13-16,19,27H,2,11-12,17-18H2,1H3. The summed E-state index contributed by atoms with van der Waals surface area (Å²) in [6.07, 6.45) is 2.84. The molecule has 1 N–H and O–H groups in total. The molecule has 0 amide bonds. The number of rotatable bonds is 10. The van der Waals surface area contributed by atoms with E-state index in [-0.39, 0.29) is 6.61 Å². The average molecular weight is 427 g/mol. The Labute approximate surface area is 182 Å². The van der Waals surface area contributed by atoms with Crippen LogP contribution in [-0.4, -0.2) is 11.7 Å². The lowest BCUT2D eigenvalue weighted by atomic mass is 9.98. The summed E-state index contributed by atoms with van der Waals surface area (Å²) in [5.41, 5.74) is 2.29. The molecule has 0 bridgehead atoms. The average Bonchev–Trinajstić information content (AvgIpc) is 2.75. The van der Waals surface area contributed by atoms with Crippen LogP contribution in [0.1, 0.15) is 30.9 Å². The number of aryl methyl sites for hydroxylation is 1. The van der Waals surface area contributed by atoms with E-state index in [0.717, 1.165) is 51.0 Å². The lowest BCUT2D eigenvalue weighted by molar-refractivity contribution is 0.215. The molecule has 0 aliphatic heterocycles. The third-order valence-electron chi connectivity index (χ3n) is 4.97. The van der Waals surface area contributed by atoms with Gasteiger partial charge in [-0.2, -0.15) is 0 Å². The second kappa shape index (κ2) is 11.3. The van der Waals surface area contributed by atoms with E-state index in [0.29, 0.717) is 12.5 Å². The van der Waals surface area contributed by atoms with Gasteiger partial charge in [0.15, 0.2) is 0 Å². The number of aliphatic hydroxyl groups is 1. The lowest BCUT2D eigenvalue weighted by Gasteiger charge is -2.13. The summed E-state index contributed by atoms with van der Waals surface area (Å²) in [5, 5.41) is 10.2. The molecule has 2 nitrogen and oxygen atoms in total. The van der Waals surface area contributed by atoms with E-state index in [2.05, 4.69) is 43.3 Å². The molecule has 3 aromatic carbocycles. The zero-order chi connectivity index (χ0) is 20.5. The molecule has 3 rings (SSSR count). The Morgan fingerprint density at radius 1 is 0.966 bits per heavy atom. The van der Waals surface area contributed by atoms with Crippen LogP contribution in [0.15, 0.2) is 82.6 Å². The van der Waals surface area contributed by atoms with Gasteiger partial charge in [-0.3, -0.25) is 0 Å². The maximum absolute atomic E-state index is 9.36. The fraction of sp³-hybridized carbons (Fsp3) is 0.280. The minimum atomic E-state index is 0.241. The van der Waals surface area contributed by atoms with Crippen molar-refractivity contribution in [1.29, 1.82) is 0 Å². The van der Waals surface area contributed by atoms with Gasteiger partial charge in [-0.25, -0.2) is 0 Å². The third kappa shape index (κ3) is 6.81. The Morgan fingerprint density at radius 3 is 2.48 bits per heavy atom. The van der Waals surface area contributed by atoms with Gasteiger partial charge in [0.05, 0.1) is 0 Å². The number of hydrogen-bond donors (Lipinski definition) is 1. The minimum Gasteiger partial charge on any atom is -0.489 e. The first-order valence-electron chi connectivity index (χ1n) is 10.0. The van der Waals surface area contributed by atoms with Crippen LogP contribution >= 0.6 is 23.4 Å². The number of benzene rings is 3. The van der Waals surface area contributed by atoms with Crippen LogP contribution in [0.3, 0.4) is 0 Å². The number of hydrogen-bond acceptors (Lipinski definition) is 3. The van der Waals surface area contributed by atoms with Crippen molar-refractivity contribution in [2.45, 2.75) is 42.6 Å². The van der Waals surface area contributed by atoms with E-state index in [1.807, 2.05) is 36.4 Å². The van der Waals surface area contributed by atoms with Crippen LogP contribution in [0.5, 0.6) is 5.75 Å². The Hall–Kier alpha value is -1.94. The van der Waals surface area contributed by atoms with Gasteiger partial charge in [0.1, 0.15) is 12.4 Å². The second-order valence-corrected chi connectivity index (χ2v) is 8.65. The molecular formula is C25H27ClO2S. The topological polar surface area (TPSA) is 29.5 Å². The van der Waals surface area contributed by atoms with Crippen molar-refractivity contribution in [3.63, 3.8) is 0 Å². The maximum atomic E-state index is 9.36. The predicted octanol–water partition coefficient (Wildman–Crippen LogP) is 7.02. The molecule has 1 unspecified atom stereocenters. The molecule has 152 valence electrons. The molecule has 0 aromatic heterocycles. The quantitative estimate of drug-likeness (QED) is 0.377. The van der Waals surface area contributed by atoms with E-state index in [4.69, 9.17) is 16.3 Å². The van der Waals surface area contributed by atoms with Gasteiger partial charge in [0, 0.05) is 21.4 Å². The zero-order valence-corrected chi connectivity index (χ0v) is 18.3. The number of aliphatic hydroxyl groups excluding tert-OH is 1. The maximum Gasteiger partial charge on any atom is 0.120 e. The molecule has 0 heterocycles. The molecule has 0 fully saturated rings. The Balaban J connectivity index is 1.60. The molecule has 4 heteroatoms. The van der Waals surface area contributed by atoms with Crippen LogP contribution in [-0.2, 0) is 13.0 Å². The highest BCUT2D eigenvalue weighted by Crippen LogP contribution is 2.33. The fourth-order valence-corrected chi connectivity index (χ4v) is 4.33. The van der Waals surface area contributed by atoms with E-state index in [9.17, 15) is 5.11 Å². The van der Waals surface area contributed by atoms with Crippen LogP contribution in [0.2, 0.25) is 5.02 Å². The Morgan fingerprint density at radius 2 is 1.76 bits per heavy atom. The van der Waals surface area contributed by atoms with Crippen molar-refractivity contribution in [3.05, 3.63) is 88.9 Å². The van der Waals surface area contributed by atoms with Crippen molar-refractivity contribution in [1.82, 2.24) is 0 Å². The summed E-state index contributed by atoms with van der Waals surface area (Å²) in [4.78, 5) is 2.22. The molecule has 0 radical (unpaired) electrons. The van der Waals surface area contributed by atoms with Gasteiger partial charge < -0.3 is 9.84 Å². The molecule has 0 saturated heterocycles. The van der Waals surface area contributed by atoms with Crippen molar-refractivity contribution >= 4 is 23.4 Å². The molecule has 29 heavy (non-hydrogen) atoms. The Kier molecular flexibility index (Phi) is 8.48. The third-order valence-corrected chi connectivity index (χ3v) is 6.30. The number of halogens is 1. The van der Waals surface area contributed by atoms with Gasteiger partial charge in [0.25, 0.3) is 0 Å². The summed E-state index contributed by atoms with van der Waals surface area (Å²) in [7, 11) is 0. The van der Waals surface area contributed by atoms with Crippen LogP contribution < -0.4 is 4.74 Å². The summed E-state index contributed by atoms with van der Waals surface area (Å²) >= 11 is 8.19. The first-order chi connectivity index (χ1) is 14.2. The van der Waals surface area contributed by atoms with E-state index >= 15 is 0 Å². The summed E-state index contributed by atoms with van der Waals surface area (Å²) < 4.78 is 5.93. The van der Waals surface area contributed by atoms with Gasteiger partial charge in [-0.05, 0) is 60.2 Å². The SMILES string of the molecule is CCC(CO)CCc1ccc(Sc2cccc(OCc3ccccc3)c2)cc1Cl. The van der Waals surface area contributed by atoms with Crippen molar-refractivity contribution in [2.24, 2.45) is 5.92 Å². The highest BCUT2D eigenvalue weighted by Gasteiger charge is 2.09. The van der Waals surface area contributed by atoms with Crippen molar-refractivity contribution in [2.75, 3.05) is 6.61 Å². The lowest BCUT2D eigenvalue weighted by Crippen LogP contribution is -2.06.